The average Bonchev–Trinajstić information content (AvgIpc) is 3.09. The third-order valence-corrected chi connectivity index (χ3v) is 4.32. The van der Waals surface area contributed by atoms with Gasteiger partial charge in [0, 0.05) is 56.9 Å². The minimum Gasteiger partial charge on any atom is -0.494 e. The number of ether oxygens (including phenoxy) is 1. The van der Waals surface area contributed by atoms with E-state index in [0.717, 1.165) is 51.4 Å². The maximum atomic E-state index is 13.5. The van der Waals surface area contributed by atoms with Crippen LogP contribution in [0.1, 0.15) is 6.42 Å². The first-order valence-corrected chi connectivity index (χ1v) is 8.03. The van der Waals surface area contributed by atoms with Gasteiger partial charge in [-0.1, -0.05) is 0 Å². The fourth-order valence-corrected chi connectivity index (χ4v) is 2.97. The van der Waals surface area contributed by atoms with Gasteiger partial charge in [-0.05, 0) is 25.1 Å². The van der Waals surface area contributed by atoms with E-state index in [0.29, 0.717) is 5.75 Å². The minimum absolute atomic E-state index is 0.310. The summed E-state index contributed by atoms with van der Waals surface area (Å²) in [7, 11) is 1.50. The third kappa shape index (κ3) is 4.01. The molecule has 124 valence electrons. The van der Waals surface area contributed by atoms with Crippen LogP contribution in [-0.2, 0) is 6.54 Å². The van der Waals surface area contributed by atoms with Crippen LogP contribution in [-0.4, -0.2) is 54.3 Å². The van der Waals surface area contributed by atoms with Gasteiger partial charge in [0.2, 0.25) is 0 Å². The number of hydrogen-bond donors (Lipinski definition) is 0. The van der Waals surface area contributed by atoms with E-state index in [2.05, 4.69) is 19.4 Å². The number of aromatic nitrogens is 2. The summed E-state index contributed by atoms with van der Waals surface area (Å²) in [5, 5.41) is 0. The van der Waals surface area contributed by atoms with Gasteiger partial charge < -0.3 is 14.2 Å². The van der Waals surface area contributed by atoms with Crippen molar-refractivity contribution in [3.8, 4) is 5.75 Å². The second kappa shape index (κ2) is 7.46. The van der Waals surface area contributed by atoms with Crippen LogP contribution in [0.25, 0.3) is 0 Å². The predicted octanol–water partition coefficient (Wildman–Crippen LogP) is 2.24. The van der Waals surface area contributed by atoms with E-state index in [4.69, 9.17) is 4.74 Å². The molecule has 23 heavy (non-hydrogen) atoms. The van der Waals surface area contributed by atoms with Crippen molar-refractivity contribution < 1.29 is 9.13 Å². The highest BCUT2D eigenvalue weighted by Crippen LogP contribution is 2.25. The van der Waals surface area contributed by atoms with Gasteiger partial charge in [-0.25, -0.2) is 9.37 Å². The Hall–Kier alpha value is -2.08. The van der Waals surface area contributed by atoms with Crippen LogP contribution in [0.5, 0.6) is 5.75 Å². The molecule has 2 heterocycles. The van der Waals surface area contributed by atoms with Crippen molar-refractivity contribution in [2.24, 2.45) is 0 Å². The molecule has 1 aliphatic heterocycles. The molecule has 1 aliphatic rings. The summed E-state index contributed by atoms with van der Waals surface area (Å²) in [6, 6.07) is 5.09. The SMILES string of the molecule is COc1cc(N2CCN(CCCn3ccnc3)CC2)ccc1F. The molecule has 0 bridgehead atoms. The number of nitrogens with zero attached hydrogens (tertiary/aromatic N) is 4. The number of aryl methyl sites for hydroxylation is 1. The van der Waals surface area contributed by atoms with E-state index in [1.54, 1.807) is 6.07 Å². The Morgan fingerprint density at radius 3 is 2.70 bits per heavy atom. The molecular formula is C17H23FN4O. The summed E-state index contributed by atoms with van der Waals surface area (Å²) in [6.07, 6.45) is 6.80. The van der Waals surface area contributed by atoms with Crippen LogP contribution >= 0.6 is 0 Å². The number of imidazole rings is 1. The Balaban J connectivity index is 1.46. The normalized spacial score (nSPS) is 15.8. The number of piperazine rings is 1. The van der Waals surface area contributed by atoms with E-state index < -0.39 is 0 Å². The van der Waals surface area contributed by atoms with E-state index >= 15 is 0 Å². The average molecular weight is 318 g/mol. The molecule has 0 saturated carbocycles. The largest absolute Gasteiger partial charge is 0.494 e. The topological polar surface area (TPSA) is 33.5 Å². The summed E-state index contributed by atoms with van der Waals surface area (Å²) in [5.74, 6) is -0.000325. The van der Waals surface area contributed by atoms with Crippen LogP contribution in [0.2, 0.25) is 0 Å². The zero-order chi connectivity index (χ0) is 16.1. The van der Waals surface area contributed by atoms with E-state index in [-0.39, 0.29) is 5.82 Å². The number of rotatable bonds is 6. The first-order valence-electron chi connectivity index (χ1n) is 8.03. The molecule has 3 rings (SSSR count). The van der Waals surface area contributed by atoms with Gasteiger partial charge in [-0.3, -0.25) is 4.90 Å². The lowest BCUT2D eigenvalue weighted by atomic mass is 10.2. The van der Waals surface area contributed by atoms with Crippen molar-refractivity contribution in [1.82, 2.24) is 14.5 Å². The van der Waals surface area contributed by atoms with Crippen LogP contribution < -0.4 is 9.64 Å². The molecule has 1 fully saturated rings. The van der Waals surface area contributed by atoms with Gasteiger partial charge in [-0.2, -0.15) is 0 Å². The van der Waals surface area contributed by atoms with Gasteiger partial charge in [0.15, 0.2) is 11.6 Å². The summed E-state index contributed by atoms with van der Waals surface area (Å²) < 4.78 is 20.7. The van der Waals surface area contributed by atoms with Crippen LogP contribution in [0.4, 0.5) is 10.1 Å². The Morgan fingerprint density at radius 1 is 1.17 bits per heavy atom. The fraction of sp³-hybridized carbons (Fsp3) is 0.471. The zero-order valence-corrected chi connectivity index (χ0v) is 13.5. The van der Waals surface area contributed by atoms with Crippen molar-refractivity contribution >= 4 is 5.69 Å². The van der Waals surface area contributed by atoms with Crippen molar-refractivity contribution in [1.29, 1.82) is 0 Å². The molecule has 0 aliphatic carbocycles. The molecule has 6 heteroatoms. The zero-order valence-electron chi connectivity index (χ0n) is 13.5. The van der Waals surface area contributed by atoms with Crippen LogP contribution in [0, 0.1) is 5.82 Å². The maximum absolute atomic E-state index is 13.5. The second-order valence-electron chi connectivity index (χ2n) is 5.80. The summed E-state index contributed by atoms with van der Waals surface area (Å²) in [6.45, 7) is 6.08. The van der Waals surface area contributed by atoms with Crippen molar-refractivity contribution in [3.05, 3.63) is 42.7 Å². The van der Waals surface area contributed by atoms with Gasteiger partial charge in [0.25, 0.3) is 0 Å². The van der Waals surface area contributed by atoms with E-state index in [1.807, 2.05) is 24.8 Å². The van der Waals surface area contributed by atoms with Gasteiger partial charge in [-0.15, -0.1) is 0 Å². The van der Waals surface area contributed by atoms with Crippen LogP contribution in [0.3, 0.4) is 0 Å². The molecule has 5 nitrogen and oxygen atoms in total. The lowest BCUT2D eigenvalue weighted by Crippen LogP contribution is -2.46. The van der Waals surface area contributed by atoms with Gasteiger partial charge >= 0.3 is 0 Å². The summed E-state index contributed by atoms with van der Waals surface area (Å²) >= 11 is 0. The van der Waals surface area contributed by atoms with Gasteiger partial charge in [0.05, 0.1) is 13.4 Å². The lowest BCUT2D eigenvalue weighted by molar-refractivity contribution is 0.250. The molecule has 2 aromatic rings. The predicted molar refractivity (Wildman–Crippen MR) is 88.4 cm³/mol. The van der Waals surface area contributed by atoms with Crippen LogP contribution in [0.15, 0.2) is 36.9 Å². The number of halogens is 1. The lowest BCUT2D eigenvalue weighted by Gasteiger charge is -2.36. The smallest absolute Gasteiger partial charge is 0.165 e. The quantitative estimate of drug-likeness (QED) is 0.818. The number of hydrogen-bond acceptors (Lipinski definition) is 4. The molecule has 1 saturated heterocycles. The Labute approximate surface area is 136 Å². The molecule has 0 N–H and O–H groups in total. The molecule has 0 spiro atoms. The van der Waals surface area contributed by atoms with E-state index in [9.17, 15) is 4.39 Å². The Morgan fingerprint density at radius 2 is 2.00 bits per heavy atom. The number of benzene rings is 1. The Kier molecular flexibility index (Phi) is 5.12. The molecule has 0 atom stereocenters. The second-order valence-corrected chi connectivity index (χ2v) is 5.80. The first-order chi connectivity index (χ1) is 11.3. The standard InChI is InChI=1S/C17H23FN4O/c1-23-17-13-15(3-4-16(17)18)22-11-9-20(10-12-22)6-2-7-21-8-5-19-14-21/h3-5,8,13-14H,2,6-7,9-12H2,1H3. The third-order valence-electron chi connectivity index (χ3n) is 4.32. The minimum atomic E-state index is -0.311. The van der Waals surface area contributed by atoms with Crippen molar-refractivity contribution in [2.45, 2.75) is 13.0 Å². The van der Waals surface area contributed by atoms with Gasteiger partial charge in [0.1, 0.15) is 0 Å². The molecule has 0 unspecified atom stereocenters. The molecule has 1 aromatic carbocycles. The Bertz CT molecular complexity index is 609. The highest BCUT2D eigenvalue weighted by atomic mass is 19.1. The molecule has 0 radical (unpaired) electrons. The maximum Gasteiger partial charge on any atom is 0.165 e. The monoisotopic (exact) mass is 318 g/mol. The van der Waals surface area contributed by atoms with Crippen molar-refractivity contribution in [2.75, 3.05) is 44.7 Å². The first kappa shape index (κ1) is 15.8. The number of methoxy groups -OCH3 is 1. The highest BCUT2D eigenvalue weighted by Gasteiger charge is 2.18. The molecular weight excluding hydrogens is 295 g/mol. The molecule has 0 amide bonds. The summed E-state index contributed by atoms with van der Waals surface area (Å²) in [4.78, 5) is 8.82. The molecule has 1 aromatic heterocycles. The van der Waals surface area contributed by atoms with Crippen molar-refractivity contribution in [3.63, 3.8) is 0 Å². The van der Waals surface area contributed by atoms with E-state index in [1.165, 1.54) is 13.2 Å². The number of anilines is 1. The summed E-state index contributed by atoms with van der Waals surface area (Å²) in [5.41, 5.74) is 1.03. The fourth-order valence-electron chi connectivity index (χ4n) is 2.97. The highest BCUT2D eigenvalue weighted by molar-refractivity contribution is 5.51.